The summed E-state index contributed by atoms with van der Waals surface area (Å²) in [6.45, 7) is 7.25. The van der Waals surface area contributed by atoms with Crippen LogP contribution in [0.4, 0.5) is 11.4 Å². The molecule has 0 N–H and O–H groups in total. The van der Waals surface area contributed by atoms with Crippen LogP contribution in [-0.2, 0) is 9.13 Å². The van der Waals surface area contributed by atoms with Crippen LogP contribution in [0.15, 0.2) is 103 Å². The molecule has 0 saturated carbocycles. The Labute approximate surface area is 178 Å². The second-order valence-corrected chi connectivity index (χ2v) is 13.3. The van der Waals surface area contributed by atoms with E-state index in [1.165, 1.54) is 0 Å². The van der Waals surface area contributed by atoms with E-state index in [4.69, 9.17) is 0 Å². The molecule has 3 aromatic rings. The molecule has 1 aliphatic rings. The number of hydrogen-bond donors (Lipinski definition) is 0. The van der Waals surface area contributed by atoms with Gasteiger partial charge in [0.1, 0.15) is 7.14 Å². The minimum absolute atomic E-state index is 0.209. The van der Waals surface area contributed by atoms with E-state index in [1.807, 2.05) is 100 Å². The lowest BCUT2D eigenvalue weighted by atomic mass is 10.3. The van der Waals surface area contributed by atoms with Crippen molar-refractivity contribution in [2.24, 2.45) is 0 Å². The average Bonchev–Trinajstić information content (AvgIpc) is 3.14. The quantitative estimate of drug-likeness (QED) is 0.442. The van der Waals surface area contributed by atoms with Crippen LogP contribution >= 0.6 is 14.6 Å². The first-order valence-electron chi connectivity index (χ1n) is 9.99. The number of anilines is 2. The number of allylic oxidation sites excluding steroid dienone is 1. The number of benzene rings is 3. The van der Waals surface area contributed by atoms with Crippen LogP contribution in [0.2, 0.25) is 0 Å². The molecule has 1 atom stereocenters. The van der Waals surface area contributed by atoms with Crippen LogP contribution in [0, 0.1) is 0 Å². The first kappa shape index (κ1) is 20.7. The molecule has 4 nitrogen and oxygen atoms in total. The van der Waals surface area contributed by atoms with E-state index in [9.17, 15) is 9.13 Å². The van der Waals surface area contributed by atoms with Crippen LogP contribution in [0.5, 0.6) is 0 Å². The molecule has 3 aromatic carbocycles. The van der Waals surface area contributed by atoms with Crippen molar-refractivity contribution in [1.29, 1.82) is 0 Å². The SMILES string of the molecule is C=C(CP(C)(=O)c1ccccc1)P1(=O)N(c2ccccc2)CCN1c1ccccc1. The highest BCUT2D eigenvalue weighted by atomic mass is 31.2. The highest BCUT2D eigenvalue weighted by Crippen LogP contribution is 2.67. The summed E-state index contributed by atoms with van der Waals surface area (Å²) < 4.78 is 32.2. The Morgan fingerprint density at radius 1 is 0.833 bits per heavy atom. The molecule has 0 bridgehead atoms. The third-order valence-electron chi connectivity index (χ3n) is 5.49. The Bertz CT molecular complexity index is 1070. The van der Waals surface area contributed by atoms with Gasteiger partial charge in [0.05, 0.1) is 0 Å². The maximum absolute atomic E-state index is 14.7. The molecule has 1 fully saturated rings. The molecule has 30 heavy (non-hydrogen) atoms. The van der Waals surface area contributed by atoms with Crippen molar-refractivity contribution < 1.29 is 9.13 Å². The molecule has 4 rings (SSSR count). The van der Waals surface area contributed by atoms with Gasteiger partial charge in [0.2, 0.25) is 0 Å². The van der Waals surface area contributed by atoms with E-state index in [2.05, 4.69) is 6.58 Å². The third-order valence-corrected chi connectivity index (χ3v) is 11.3. The zero-order chi connectivity index (χ0) is 21.2. The predicted molar refractivity (Wildman–Crippen MR) is 129 cm³/mol. The van der Waals surface area contributed by atoms with Gasteiger partial charge in [-0.05, 0) is 30.9 Å². The lowest BCUT2D eigenvalue weighted by Gasteiger charge is -2.34. The first-order valence-corrected chi connectivity index (χ1v) is 13.9. The van der Waals surface area contributed by atoms with E-state index < -0.39 is 14.6 Å². The van der Waals surface area contributed by atoms with Crippen molar-refractivity contribution >= 4 is 31.3 Å². The van der Waals surface area contributed by atoms with Gasteiger partial charge in [0.25, 0.3) is 7.44 Å². The molecule has 0 amide bonds. The monoisotopic (exact) mass is 436 g/mol. The summed E-state index contributed by atoms with van der Waals surface area (Å²) in [5.41, 5.74) is 1.79. The maximum atomic E-state index is 14.7. The van der Waals surface area contributed by atoms with Gasteiger partial charge in [-0.15, -0.1) is 0 Å². The summed E-state index contributed by atoms with van der Waals surface area (Å²) >= 11 is 0. The highest BCUT2D eigenvalue weighted by Gasteiger charge is 2.46. The minimum atomic E-state index is -3.24. The van der Waals surface area contributed by atoms with Crippen LogP contribution in [0.25, 0.3) is 0 Å². The number of nitrogens with zero attached hydrogens (tertiary/aromatic N) is 2. The maximum Gasteiger partial charge on any atom is 0.288 e. The van der Waals surface area contributed by atoms with Crippen molar-refractivity contribution in [2.45, 2.75) is 0 Å². The Morgan fingerprint density at radius 2 is 1.23 bits per heavy atom. The summed E-state index contributed by atoms with van der Waals surface area (Å²) in [5, 5.41) is 1.32. The zero-order valence-electron chi connectivity index (χ0n) is 17.1. The van der Waals surface area contributed by atoms with Crippen LogP contribution < -0.4 is 14.6 Å². The van der Waals surface area contributed by atoms with Gasteiger partial charge in [0, 0.05) is 41.2 Å². The molecular formula is C24H26N2O2P2. The van der Waals surface area contributed by atoms with Crippen molar-refractivity contribution in [2.75, 3.05) is 35.3 Å². The average molecular weight is 436 g/mol. The molecule has 1 heterocycles. The Kier molecular flexibility index (Phi) is 5.73. The second kappa shape index (κ2) is 8.30. The zero-order valence-corrected chi connectivity index (χ0v) is 18.9. The summed E-state index contributed by atoms with van der Waals surface area (Å²) in [4.78, 5) is 0. The topological polar surface area (TPSA) is 40.6 Å². The van der Waals surface area contributed by atoms with Gasteiger partial charge in [-0.1, -0.05) is 73.3 Å². The summed E-state index contributed by atoms with van der Waals surface area (Å²) in [7, 11) is -6.00. The van der Waals surface area contributed by atoms with Crippen LogP contribution in [0.1, 0.15) is 0 Å². The number of hydrogen-bond acceptors (Lipinski definition) is 2. The highest BCUT2D eigenvalue weighted by molar-refractivity contribution is 7.75. The molecular weight excluding hydrogens is 410 g/mol. The molecule has 0 aliphatic carbocycles. The third kappa shape index (κ3) is 3.78. The molecule has 0 radical (unpaired) electrons. The standard InChI is InChI=1S/C24H26N2O2P2/c1-21(20-29(2,27)24-16-10-5-11-17-24)30(28)25(22-12-6-3-7-13-22)18-19-26(30)23-14-8-4-9-15-23/h3-17H,1,18-20H2,2H3. The molecule has 6 heteroatoms. The van der Waals surface area contributed by atoms with Crippen LogP contribution in [0.3, 0.4) is 0 Å². The van der Waals surface area contributed by atoms with Gasteiger partial charge in [-0.2, -0.15) is 0 Å². The Hall–Kier alpha value is -2.54. The largest absolute Gasteiger partial charge is 0.319 e. The minimum Gasteiger partial charge on any atom is -0.319 e. The number of para-hydroxylation sites is 2. The lowest BCUT2D eigenvalue weighted by Crippen LogP contribution is -2.22. The van der Waals surface area contributed by atoms with Gasteiger partial charge >= 0.3 is 0 Å². The van der Waals surface area contributed by atoms with Crippen LogP contribution in [-0.4, -0.2) is 25.9 Å². The Morgan fingerprint density at radius 3 is 1.67 bits per heavy atom. The van der Waals surface area contributed by atoms with E-state index >= 15 is 0 Å². The molecule has 0 spiro atoms. The van der Waals surface area contributed by atoms with Gasteiger partial charge in [-0.3, -0.25) is 4.57 Å². The fraction of sp³-hybridized carbons (Fsp3) is 0.167. The molecule has 154 valence electrons. The van der Waals surface area contributed by atoms with E-state index in [0.717, 1.165) is 16.7 Å². The van der Waals surface area contributed by atoms with E-state index in [0.29, 0.717) is 18.4 Å². The van der Waals surface area contributed by atoms with Gasteiger partial charge in [0.15, 0.2) is 0 Å². The summed E-state index contributed by atoms with van der Waals surface area (Å²) in [6.07, 6.45) is 0.209. The van der Waals surface area contributed by atoms with Crippen molar-refractivity contribution in [1.82, 2.24) is 0 Å². The Balaban J connectivity index is 1.75. The molecule has 1 unspecified atom stereocenters. The fourth-order valence-electron chi connectivity index (χ4n) is 3.98. The van der Waals surface area contributed by atoms with Gasteiger partial charge < -0.3 is 13.9 Å². The smallest absolute Gasteiger partial charge is 0.288 e. The van der Waals surface area contributed by atoms with Crippen molar-refractivity contribution in [3.05, 3.63) is 103 Å². The molecule has 0 aromatic heterocycles. The molecule has 1 aliphatic heterocycles. The lowest BCUT2D eigenvalue weighted by molar-refractivity contribution is 0.576. The summed E-state index contributed by atoms with van der Waals surface area (Å²) in [6, 6.07) is 29.0. The van der Waals surface area contributed by atoms with E-state index in [1.54, 1.807) is 6.66 Å². The van der Waals surface area contributed by atoms with Gasteiger partial charge in [-0.25, -0.2) is 0 Å². The fourth-order valence-corrected chi connectivity index (χ4v) is 9.76. The van der Waals surface area contributed by atoms with Crippen molar-refractivity contribution in [3.63, 3.8) is 0 Å². The summed E-state index contributed by atoms with van der Waals surface area (Å²) in [5.74, 6) is 0. The number of rotatable bonds is 6. The van der Waals surface area contributed by atoms with Crippen molar-refractivity contribution in [3.8, 4) is 0 Å². The van der Waals surface area contributed by atoms with E-state index in [-0.39, 0.29) is 6.16 Å². The first-order chi connectivity index (χ1) is 14.4. The normalized spacial score (nSPS) is 17.5. The molecule has 1 saturated heterocycles. The predicted octanol–water partition coefficient (Wildman–Crippen LogP) is 6.04. The second-order valence-electron chi connectivity index (χ2n) is 7.62.